The summed E-state index contributed by atoms with van der Waals surface area (Å²) in [5, 5.41) is 4.21. The van der Waals surface area contributed by atoms with Gasteiger partial charge in [0, 0.05) is 30.1 Å². The molecule has 0 aliphatic heterocycles. The molecule has 0 aliphatic rings. The van der Waals surface area contributed by atoms with E-state index in [-0.39, 0.29) is 5.82 Å². The van der Waals surface area contributed by atoms with Crippen molar-refractivity contribution in [3.63, 3.8) is 0 Å². The van der Waals surface area contributed by atoms with Gasteiger partial charge in [-0.05, 0) is 49.2 Å². The summed E-state index contributed by atoms with van der Waals surface area (Å²) in [6, 6.07) is 8.74. The number of pyridine rings is 1. The first-order chi connectivity index (χ1) is 11.2. The van der Waals surface area contributed by atoms with E-state index in [0.717, 1.165) is 45.4 Å². The number of benzene rings is 1. The molecule has 0 saturated heterocycles. The van der Waals surface area contributed by atoms with Crippen LogP contribution in [0.15, 0.2) is 42.7 Å². The molecule has 1 N–H and O–H groups in total. The van der Waals surface area contributed by atoms with E-state index >= 15 is 0 Å². The maximum absolute atomic E-state index is 13.4. The van der Waals surface area contributed by atoms with Gasteiger partial charge in [0.05, 0.1) is 10.6 Å². The van der Waals surface area contributed by atoms with E-state index in [0.29, 0.717) is 0 Å². The predicted octanol–water partition coefficient (Wildman–Crippen LogP) is 5.14. The molecule has 1 aromatic carbocycles. The number of aromatic nitrogens is 2. The Hall–Kier alpha value is -2.27. The highest BCUT2D eigenvalue weighted by Gasteiger charge is 2.13. The van der Waals surface area contributed by atoms with E-state index in [9.17, 15) is 4.39 Å². The average Bonchev–Trinajstić information content (AvgIpc) is 3.02. The van der Waals surface area contributed by atoms with E-state index in [1.54, 1.807) is 23.6 Å². The zero-order valence-corrected chi connectivity index (χ0v) is 14.0. The number of nitrogens with one attached hydrogen (secondary N) is 1. The van der Waals surface area contributed by atoms with Gasteiger partial charge in [-0.15, -0.1) is 0 Å². The molecule has 5 heteroatoms. The summed E-state index contributed by atoms with van der Waals surface area (Å²) < 4.78 is 13.4. The molecule has 118 valence electrons. The summed E-state index contributed by atoms with van der Waals surface area (Å²) in [6.07, 6.45) is 4.68. The Labute approximate surface area is 139 Å². The SMILES string of the molecule is CCCNc1ncc(-c2cccnc2-c2ccc(F)cc2C)s1. The van der Waals surface area contributed by atoms with Gasteiger partial charge in [-0.25, -0.2) is 9.37 Å². The lowest BCUT2D eigenvalue weighted by Gasteiger charge is -2.09. The Morgan fingerprint density at radius 1 is 1.17 bits per heavy atom. The van der Waals surface area contributed by atoms with E-state index in [4.69, 9.17) is 0 Å². The van der Waals surface area contributed by atoms with Gasteiger partial charge in [-0.1, -0.05) is 18.3 Å². The maximum Gasteiger partial charge on any atom is 0.183 e. The van der Waals surface area contributed by atoms with Gasteiger partial charge in [0.2, 0.25) is 0 Å². The van der Waals surface area contributed by atoms with Gasteiger partial charge in [0.1, 0.15) is 5.82 Å². The van der Waals surface area contributed by atoms with Gasteiger partial charge in [0.25, 0.3) is 0 Å². The number of nitrogens with zero attached hydrogens (tertiary/aromatic N) is 2. The Balaban J connectivity index is 2.02. The Morgan fingerprint density at radius 2 is 2.04 bits per heavy atom. The molecule has 0 fully saturated rings. The Morgan fingerprint density at radius 3 is 2.83 bits per heavy atom. The Bertz CT molecular complexity index is 814. The first-order valence-electron chi connectivity index (χ1n) is 7.60. The van der Waals surface area contributed by atoms with Crippen LogP contribution >= 0.6 is 11.3 Å². The zero-order chi connectivity index (χ0) is 16.2. The monoisotopic (exact) mass is 327 g/mol. The standard InChI is InChI=1S/C18H18FN3S/c1-3-8-21-18-22-11-16(23-18)15-5-4-9-20-17(15)14-7-6-13(19)10-12(14)2/h4-7,9-11H,3,8H2,1-2H3,(H,21,22). The van der Waals surface area contributed by atoms with Crippen LogP contribution in [0.5, 0.6) is 0 Å². The van der Waals surface area contributed by atoms with E-state index in [1.807, 2.05) is 25.3 Å². The number of halogens is 1. The van der Waals surface area contributed by atoms with Crippen LogP contribution in [0.25, 0.3) is 21.7 Å². The van der Waals surface area contributed by atoms with E-state index < -0.39 is 0 Å². The summed E-state index contributed by atoms with van der Waals surface area (Å²) in [6.45, 7) is 4.93. The minimum atomic E-state index is -0.229. The van der Waals surface area contributed by atoms with Gasteiger partial charge in [0.15, 0.2) is 5.13 Å². The molecule has 0 aliphatic carbocycles. The van der Waals surface area contributed by atoms with E-state index in [1.165, 1.54) is 12.1 Å². The van der Waals surface area contributed by atoms with Crippen molar-refractivity contribution >= 4 is 16.5 Å². The fourth-order valence-corrected chi connectivity index (χ4v) is 3.29. The largest absolute Gasteiger partial charge is 0.362 e. The summed E-state index contributed by atoms with van der Waals surface area (Å²) in [4.78, 5) is 10.00. The number of aryl methyl sites for hydroxylation is 1. The number of hydrogen-bond acceptors (Lipinski definition) is 4. The van der Waals surface area contributed by atoms with Gasteiger partial charge >= 0.3 is 0 Å². The third kappa shape index (κ3) is 3.40. The second kappa shape index (κ2) is 6.87. The summed E-state index contributed by atoms with van der Waals surface area (Å²) in [5.41, 5.74) is 3.69. The van der Waals surface area contributed by atoms with Crippen molar-refractivity contribution in [2.24, 2.45) is 0 Å². The molecule has 0 amide bonds. The van der Waals surface area contributed by atoms with Crippen LogP contribution < -0.4 is 5.32 Å². The molecule has 3 rings (SSSR count). The quantitative estimate of drug-likeness (QED) is 0.705. The van der Waals surface area contributed by atoms with Crippen LogP contribution in [0, 0.1) is 12.7 Å². The summed E-state index contributed by atoms with van der Waals surface area (Å²) >= 11 is 1.61. The highest BCUT2D eigenvalue weighted by molar-refractivity contribution is 7.18. The van der Waals surface area contributed by atoms with Crippen LogP contribution in [0.2, 0.25) is 0 Å². The number of anilines is 1. The van der Waals surface area contributed by atoms with Crippen molar-refractivity contribution in [2.45, 2.75) is 20.3 Å². The molecule has 0 bridgehead atoms. The van der Waals surface area contributed by atoms with Crippen LogP contribution in [-0.2, 0) is 0 Å². The predicted molar refractivity (Wildman–Crippen MR) is 94.3 cm³/mol. The van der Waals surface area contributed by atoms with Crippen molar-refractivity contribution in [1.29, 1.82) is 0 Å². The topological polar surface area (TPSA) is 37.8 Å². The summed E-state index contributed by atoms with van der Waals surface area (Å²) in [7, 11) is 0. The summed E-state index contributed by atoms with van der Waals surface area (Å²) in [5.74, 6) is -0.229. The fourth-order valence-electron chi connectivity index (χ4n) is 2.42. The first kappa shape index (κ1) is 15.6. The molecule has 0 spiro atoms. The van der Waals surface area contributed by atoms with Crippen LogP contribution in [0.4, 0.5) is 9.52 Å². The van der Waals surface area contributed by atoms with Gasteiger partial charge in [-0.3, -0.25) is 4.98 Å². The second-order valence-electron chi connectivity index (χ2n) is 5.32. The molecule has 0 saturated carbocycles. The van der Waals surface area contributed by atoms with Crippen LogP contribution in [-0.4, -0.2) is 16.5 Å². The third-order valence-corrected chi connectivity index (χ3v) is 4.54. The molecule has 0 unspecified atom stereocenters. The molecule has 3 aromatic rings. The van der Waals surface area contributed by atoms with Gasteiger partial charge < -0.3 is 5.32 Å². The highest BCUT2D eigenvalue weighted by atomic mass is 32.1. The van der Waals surface area contributed by atoms with Crippen molar-refractivity contribution in [3.8, 4) is 21.7 Å². The molecule has 0 radical (unpaired) electrons. The van der Waals surface area contributed by atoms with Crippen molar-refractivity contribution < 1.29 is 4.39 Å². The van der Waals surface area contributed by atoms with Crippen molar-refractivity contribution in [2.75, 3.05) is 11.9 Å². The fraction of sp³-hybridized carbons (Fsp3) is 0.222. The average molecular weight is 327 g/mol. The smallest absolute Gasteiger partial charge is 0.183 e. The highest BCUT2D eigenvalue weighted by Crippen LogP contribution is 2.36. The second-order valence-corrected chi connectivity index (χ2v) is 6.35. The maximum atomic E-state index is 13.4. The molecular weight excluding hydrogens is 309 g/mol. The minimum Gasteiger partial charge on any atom is -0.362 e. The van der Waals surface area contributed by atoms with E-state index in [2.05, 4.69) is 22.2 Å². The molecule has 2 heterocycles. The molecule has 0 atom stereocenters. The molecule has 3 nitrogen and oxygen atoms in total. The van der Waals surface area contributed by atoms with Crippen LogP contribution in [0.1, 0.15) is 18.9 Å². The normalized spacial score (nSPS) is 10.7. The number of rotatable bonds is 5. The Kier molecular flexibility index (Phi) is 4.67. The van der Waals surface area contributed by atoms with Crippen molar-refractivity contribution in [3.05, 3.63) is 54.1 Å². The molecule has 23 heavy (non-hydrogen) atoms. The van der Waals surface area contributed by atoms with Crippen LogP contribution in [0.3, 0.4) is 0 Å². The molecule has 2 aromatic heterocycles. The lowest BCUT2D eigenvalue weighted by molar-refractivity contribution is 0.627. The van der Waals surface area contributed by atoms with Crippen molar-refractivity contribution in [1.82, 2.24) is 9.97 Å². The number of thiazole rings is 1. The lowest BCUT2D eigenvalue weighted by atomic mass is 10.0. The molecular formula is C18H18FN3S. The lowest BCUT2D eigenvalue weighted by Crippen LogP contribution is -1.97. The first-order valence-corrected chi connectivity index (χ1v) is 8.42. The number of hydrogen-bond donors (Lipinski definition) is 1. The zero-order valence-electron chi connectivity index (χ0n) is 13.1. The third-order valence-electron chi connectivity index (χ3n) is 3.55. The minimum absolute atomic E-state index is 0.229. The van der Waals surface area contributed by atoms with Gasteiger partial charge in [-0.2, -0.15) is 0 Å².